The van der Waals surface area contributed by atoms with Gasteiger partial charge in [0.2, 0.25) is 0 Å². The van der Waals surface area contributed by atoms with Crippen molar-refractivity contribution >= 4 is 5.97 Å². The molecule has 0 aliphatic rings. The molecule has 0 aromatic carbocycles. The molecule has 3 nitrogen and oxygen atoms in total. The second-order valence-corrected chi connectivity index (χ2v) is 6.36. The van der Waals surface area contributed by atoms with Crippen molar-refractivity contribution in [3.05, 3.63) is 0 Å². The molecule has 0 aliphatic carbocycles. The van der Waals surface area contributed by atoms with Crippen LogP contribution in [-0.2, 0) is 4.79 Å². The first kappa shape index (κ1) is 24.7. The van der Waals surface area contributed by atoms with Crippen LogP contribution >= 0.6 is 0 Å². The molecule has 22 heavy (non-hydrogen) atoms. The summed E-state index contributed by atoms with van der Waals surface area (Å²) in [4.78, 5) is 10.2. The molecule has 0 heterocycles. The van der Waals surface area contributed by atoms with E-state index in [-0.39, 0.29) is 42.1 Å². The van der Waals surface area contributed by atoms with E-state index in [1.807, 2.05) is 6.92 Å². The summed E-state index contributed by atoms with van der Waals surface area (Å²) in [6.07, 6.45) is 17.0. The van der Waals surface area contributed by atoms with E-state index in [1.165, 1.54) is 57.8 Å². The largest absolute Gasteiger partial charge is 1.00 e. The zero-order valence-corrected chi connectivity index (χ0v) is 16.9. The average molecular weight is 322 g/mol. The Kier molecular flexibility index (Phi) is 21.8. The summed E-state index contributed by atoms with van der Waals surface area (Å²) in [6.45, 7) is 1.86. The summed E-state index contributed by atoms with van der Waals surface area (Å²) in [5.74, 6) is -0.916. The SMILES string of the molecule is CC(O)CCCCCCCCCCCCCCCC(=O)[O-].[Na+]. The fourth-order valence-corrected chi connectivity index (χ4v) is 2.65. The molecule has 1 N–H and O–H groups in total. The van der Waals surface area contributed by atoms with Gasteiger partial charge in [-0.05, 0) is 26.2 Å². The molecule has 126 valence electrons. The van der Waals surface area contributed by atoms with Crippen molar-refractivity contribution in [1.82, 2.24) is 0 Å². The van der Waals surface area contributed by atoms with Gasteiger partial charge in [0.1, 0.15) is 0 Å². The predicted molar refractivity (Wildman–Crippen MR) is 85.9 cm³/mol. The Hall–Kier alpha value is 0.430. The van der Waals surface area contributed by atoms with Gasteiger partial charge in [0.15, 0.2) is 0 Å². The molecule has 0 aliphatic heterocycles. The predicted octanol–water partition coefficient (Wildman–Crippen LogP) is 0.973. The first-order valence-corrected chi connectivity index (χ1v) is 9.01. The summed E-state index contributed by atoms with van der Waals surface area (Å²) in [7, 11) is 0. The van der Waals surface area contributed by atoms with Crippen LogP contribution in [0.25, 0.3) is 0 Å². The fraction of sp³-hybridized carbons (Fsp3) is 0.944. The molecule has 0 fully saturated rings. The number of unbranched alkanes of at least 4 members (excludes halogenated alkanes) is 12. The summed E-state index contributed by atoms with van der Waals surface area (Å²) in [5.41, 5.74) is 0. The fourth-order valence-electron chi connectivity index (χ4n) is 2.65. The minimum atomic E-state index is -0.916. The third kappa shape index (κ3) is 22.7. The molecule has 0 bridgehead atoms. The van der Waals surface area contributed by atoms with Crippen molar-refractivity contribution in [2.45, 2.75) is 109 Å². The Morgan fingerprint density at radius 3 is 1.41 bits per heavy atom. The van der Waals surface area contributed by atoms with Gasteiger partial charge in [-0.2, -0.15) is 0 Å². The molecular weight excluding hydrogens is 287 g/mol. The van der Waals surface area contributed by atoms with E-state index in [2.05, 4.69) is 0 Å². The van der Waals surface area contributed by atoms with Crippen molar-refractivity contribution < 1.29 is 44.6 Å². The molecule has 0 amide bonds. The maximum Gasteiger partial charge on any atom is 1.00 e. The summed E-state index contributed by atoms with van der Waals surface area (Å²) in [5, 5.41) is 19.4. The van der Waals surface area contributed by atoms with Crippen LogP contribution in [0, 0.1) is 0 Å². The maximum absolute atomic E-state index is 10.2. The second kappa shape index (κ2) is 19.5. The average Bonchev–Trinajstić information content (AvgIpc) is 2.42. The number of hydrogen-bond donors (Lipinski definition) is 1. The van der Waals surface area contributed by atoms with Gasteiger partial charge in [-0.25, -0.2) is 0 Å². The van der Waals surface area contributed by atoms with Gasteiger partial charge in [-0.1, -0.05) is 77.0 Å². The first-order valence-electron chi connectivity index (χ1n) is 9.01. The van der Waals surface area contributed by atoms with E-state index in [1.54, 1.807) is 0 Å². The Balaban J connectivity index is 0. The van der Waals surface area contributed by atoms with Gasteiger partial charge in [0, 0.05) is 5.97 Å². The number of aliphatic hydroxyl groups excluding tert-OH is 1. The van der Waals surface area contributed by atoms with Crippen molar-refractivity contribution in [1.29, 1.82) is 0 Å². The summed E-state index contributed by atoms with van der Waals surface area (Å²) in [6, 6.07) is 0. The topological polar surface area (TPSA) is 60.4 Å². The molecule has 4 heteroatoms. The van der Waals surface area contributed by atoms with Crippen molar-refractivity contribution in [3.63, 3.8) is 0 Å². The second-order valence-electron chi connectivity index (χ2n) is 6.36. The van der Waals surface area contributed by atoms with Crippen molar-refractivity contribution in [2.75, 3.05) is 0 Å². The molecule has 0 radical (unpaired) electrons. The monoisotopic (exact) mass is 322 g/mol. The Morgan fingerprint density at radius 1 is 0.773 bits per heavy atom. The zero-order chi connectivity index (χ0) is 15.8. The van der Waals surface area contributed by atoms with Crippen molar-refractivity contribution in [3.8, 4) is 0 Å². The number of aliphatic hydroxyl groups is 1. The van der Waals surface area contributed by atoms with Crippen LogP contribution in [0.2, 0.25) is 0 Å². The van der Waals surface area contributed by atoms with Gasteiger partial charge >= 0.3 is 29.6 Å². The van der Waals surface area contributed by atoms with Crippen molar-refractivity contribution in [2.24, 2.45) is 0 Å². The molecule has 1 atom stereocenters. The van der Waals surface area contributed by atoms with Crippen LogP contribution in [0.5, 0.6) is 0 Å². The number of carbonyl (C=O) groups excluding carboxylic acids is 1. The van der Waals surface area contributed by atoms with Crippen LogP contribution in [0.1, 0.15) is 103 Å². The van der Waals surface area contributed by atoms with E-state index < -0.39 is 5.97 Å². The standard InChI is InChI=1S/C18H36O3.Na/c1-17(19)15-13-11-9-7-5-3-2-4-6-8-10-12-14-16-18(20)21;/h17,19H,2-16H2,1H3,(H,20,21);/q;+1/p-1. The molecular formula is C18H35NaO3. The van der Waals surface area contributed by atoms with Gasteiger partial charge in [-0.3, -0.25) is 0 Å². The van der Waals surface area contributed by atoms with Crippen LogP contribution < -0.4 is 34.7 Å². The van der Waals surface area contributed by atoms with E-state index >= 15 is 0 Å². The van der Waals surface area contributed by atoms with Crippen LogP contribution in [0.4, 0.5) is 0 Å². The minimum absolute atomic E-state index is 0. The zero-order valence-electron chi connectivity index (χ0n) is 14.9. The Morgan fingerprint density at radius 2 is 1.09 bits per heavy atom. The number of hydrogen-bond acceptors (Lipinski definition) is 3. The Labute approximate surface area is 159 Å². The number of aliphatic carboxylic acids is 1. The number of rotatable bonds is 16. The maximum atomic E-state index is 10.2. The van der Waals surface area contributed by atoms with Crippen LogP contribution in [0.3, 0.4) is 0 Å². The number of carboxylic acid groups (broad SMARTS) is 1. The summed E-state index contributed by atoms with van der Waals surface area (Å²) >= 11 is 0. The summed E-state index contributed by atoms with van der Waals surface area (Å²) < 4.78 is 0. The number of carbonyl (C=O) groups is 1. The van der Waals surface area contributed by atoms with E-state index in [9.17, 15) is 9.90 Å². The van der Waals surface area contributed by atoms with E-state index in [0.29, 0.717) is 0 Å². The number of carboxylic acids is 1. The Bertz CT molecular complexity index is 232. The third-order valence-corrected chi connectivity index (χ3v) is 4.00. The van der Waals surface area contributed by atoms with Gasteiger partial charge in [0.25, 0.3) is 0 Å². The molecule has 0 aromatic heterocycles. The minimum Gasteiger partial charge on any atom is -0.550 e. The third-order valence-electron chi connectivity index (χ3n) is 4.00. The molecule has 0 aromatic rings. The van der Waals surface area contributed by atoms with Crippen LogP contribution in [0.15, 0.2) is 0 Å². The molecule has 0 saturated heterocycles. The molecule has 0 rings (SSSR count). The van der Waals surface area contributed by atoms with E-state index in [4.69, 9.17) is 5.11 Å². The molecule has 0 saturated carbocycles. The van der Waals surface area contributed by atoms with Crippen LogP contribution in [-0.4, -0.2) is 17.2 Å². The van der Waals surface area contributed by atoms with E-state index in [0.717, 1.165) is 32.1 Å². The smallest absolute Gasteiger partial charge is 0.550 e. The first-order chi connectivity index (χ1) is 10.1. The van der Waals surface area contributed by atoms with Gasteiger partial charge in [-0.15, -0.1) is 0 Å². The quantitative estimate of drug-likeness (QED) is 0.340. The van der Waals surface area contributed by atoms with Gasteiger partial charge in [0.05, 0.1) is 6.10 Å². The normalized spacial score (nSPS) is 11.9. The molecule has 1 unspecified atom stereocenters. The molecule has 0 spiro atoms. The van der Waals surface area contributed by atoms with Gasteiger partial charge < -0.3 is 15.0 Å².